The molecule has 1 saturated heterocycles. The van der Waals surface area contributed by atoms with Crippen LogP contribution in [0.25, 0.3) is 0 Å². The number of aryl methyl sites for hydroxylation is 2. The minimum atomic E-state index is -0.826. The van der Waals surface area contributed by atoms with Crippen LogP contribution < -0.4 is 10.9 Å². The highest BCUT2D eigenvalue weighted by Gasteiger charge is 2.32. The Morgan fingerprint density at radius 2 is 2.32 bits per heavy atom. The summed E-state index contributed by atoms with van der Waals surface area (Å²) in [5.41, 5.74) is 0.385. The van der Waals surface area contributed by atoms with E-state index in [2.05, 4.69) is 15.3 Å². The van der Waals surface area contributed by atoms with Crippen molar-refractivity contribution in [1.82, 2.24) is 15.3 Å². The van der Waals surface area contributed by atoms with Crippen LogP contribution in [0.3, 0.4) is 0 Å². The van der Waals surface area contributed by atoms with E-state index in [4.69, 9.17) is 4.74 Å². The molecule has 1 fully saturated rings. The molecule has 1 aliphatic rings. The second-order valence-electron chi connectivity index (χ2n) is 5.28. The number of aromatic amines is 1. The fraction of sp³-hybridized carbons (Fsp3) is 0.692. The highest BCUT2D eigenvalue weighted by atomic mass is 16.5. The van der Waals surface area contributed by atoms with Crippen molar-refractivity contribution in [1.29, 1.82) is 0 Å². The summed E-state index contributed by atoms with van der Waals surface area (Å²) in [6.45, 7) is 6.80. The standard InChI is InChI=1S/C13H21N3O3/c1-8(14-6-13(18)4-5-19-7-13)11-9(2)15-10(3)16-12(11)17/h8,14,18H,4-7H2,1-3H3,(H,15,16,17). The van der Waals surface area contributed by atoms with Crippen molar-refractivity contribution >= 4 is 0 Å². The van der Waals surface area contributed by atoms with Gasteiger partial charge in [0.1, 0.15) is 11.4 Å². The third-order valence-corrected chi connectivity index (χ3v) is 3.52. The topological polar surface area (TPSA) is 87.2 Å². The van der Waals surface area contributed by atoms with E-state index in [1.165, 1.54) is 0 Å². The smallest absolute Gasteiger partial charge is 0.255 e. The Bertz CT molecular complexity index is 506. The summed E-state index contributed by atoms with van der Waals surface area (Å²) in [6, 6.07) is -0.165. The predicted octanol–water partition coefficient (Wildman–Crippen LogP) is 0.189. The Kier molecular flexibility index (Phi) is 4.03. The zero-order valence-electron chi connectivity index (χ0n) is 11.6. The van der Waals surface area contributed by atoms with Crippen LogP contribution in [0, 0.1) is 13.8 Å². The molecule has 0 aromatic carbocycles. The third-order valence-electron chi connectivity index (χ3n) is 3.52. The Morgan fingerprint density at radius 1 is 1.58 bits per heavy atom. The number of rotatable bonds is 4. The molecular formula is C13H21N3O3. The highest BCUT2D eigenvalue weighted by Crippen LogP contribution is 2.19. The van der Waals surface area contributed by atoms with Crippen molar-refractivity contribution in [3.05, 3.63) is 27.4 Å². The molecule has 2 unspecified atom stereocenters. The first-order chi connectivity index (χ1) is 8.91. The van der Waals surface area contributed by atoms with Crippen LogP contribution in [0.1, 0.15) is 36.5 Å². The number of H-pyrrole nitrogens is 1. The molecule has 1 aliphatic heterocycles. The molecule has 2 rings (SSSR count). The number of nitrogens with one attached hydrogen (secondary N) is 2. The lowest BCUT2D eigenvalue weighted by Gasteiger charge is -2.24. The van der Waals surface area contributed by atoms with Crippen molar-refractivity contribution in [2.24, 2.45) is 0 Å². The molecule has 0 amide bonds. The molecule has 2 heterocycles. The molecule has 3 N–H and O–H groups in total. The fourth-order valence-electron chi connectivity index (χ4n) is 2.43. The SMILES string of the molecule is Cc1nc(C)c(C(C)NCC2(O)CCOC2)c(=O)[nH]1. The molecule has 19 heavy (non-hydrogen) atoms. The normalized spacial score (nSPS) is 24.6. The Balaban J connectivity index is 2.08. The van der Waals surface area contributed by atoms with Gasteiger partial charge in [0.15, 0.2) is 0 Å². The zero-order chi connectivity index (χ0) is 14.0. The van der Waals surface area contributed by atoms with Crippen LogP contribution in [0.2, 0.25) is 0 Å². The second kappa shape index (κ2) is 5.40. The highest BCUT2D eigenvalue weighted by molar-refractivity contribution is 5.20. The Morgan fingerprint density at radius 3 is 2.89 bits per heavy atom. The van der Waals surface area contributed by atoms with E-state index in [-0.39, 0.29) is 11.6 Å². The number of aliphatic hydroxyl groups is 1. The van der Waals surface area contributed by atoms with Crippen LogP contribution in [0.5, 0.6) is 0 Å². The maximum Gasteiger partial charge on any atom is 0.255 e. The summed E-state index contributed by atoms with van der Waals surface area (Å²) in [5, 5.41) is 13.4. The lowest BCUT2D eigenvalue weighted by atomic mass is 10.0. The largest absolute Gasteiger partial charge is 0.386 e. The van der Waals surface area contributed by atoms with Gasteiger partial charge in [0, 0.05) is 31.3 Å². The average molecular weight is 267 g/mol. The lowest BCUT2D eigenvalue weighted by Crippen LogP contribution is -2.43. The van der Waals surface area contributed by atoms with Crippen LogP contribution in [-0.2, 0) is 4.74 Å². The van der Waals surface area contributed by atoms with E-state index < -0.39 is 5.60 Å². The molecule has 1 aromatic heterocycles. The van der Waals surface area contributed by atoms with E-state index in [9.17, 15) is 9.90 Å². The van der Waals surface area contributed by atoms with Gasteiger partial charge < -0.3 is 20.1 Å². The summed E-state index contributed by atoms with van der Waals surface area (Å²) in [5.74, 6) is 0.612. The molecule has 0 radical (unpaired) electrons. The van der Waals surface area contributed by atoms with Gasteiger partial charge >= 0.3 is 0 Å². The first kappa shape index (κ1) is 14.2. The molecular weight excluding hydrogens is 246 g/mol. The average Bonchev–Trinajstić information content (AvgIpc) is 2.73. The quantitative estimate of drug-likeness (QED) is 0.725. The zero-order valence-corrected chi connectivity index (χ0v) is 11.6. The van der Waals surface area contributed by atoms with Crippen molar-refractivity contribution in [2.45, 2.75) is 38.8 Å². The maximum atomic E-state index is 12.0. The van der Waals surface area contributed by atoms with Crippen LogP contribution in [-0.4, -0.2) is 40.4 Å². The number of hydrogen-bond donors (Lipinski definition) is 3. The van der Waals surface area contributed by atoms with Crippen LogP contribution >= 0.6 is 0 Å². The van der Waals surface area contributed by atoms with Crippen molar-refractivity contribution in [2.75, 3.05) is 19.8 Å². The predicted molar refractivity (Wildman–Crippen MR) is 71.1 cm³/mol. The molecule has 106 valence electrons. The molecule has 6 nitrogen and oxygen atoms in total. The molecule has 0 bridgehead atoms. The van der Waals surface area contributed by atoms with Gasteiger partial charge in [0.05, 0.1) is 12.2 Å². The van der Waals surface area contributed by atoms with E-state index in [1.807, 2.05) is 13.8 Å². The summed E-state index contributed by atoms with van der Waals surface area (Å²) in [7, 11) is 0. The van der Waals surface area contributed by atoms with Gasteiger partial charge in [-0.05, 0) is 20.8 Å². The monoisotopic (exact) mass is 267 g/mol. The van der Waals surface area contributed by atoms with E-state index in [0.717, 1.165) is 5.69 Å². The minimum absolute atomic E-state index is 0.125. The van der Waals surface area contributed by atoms with E-state index >= 15 is 0 Å². The summed E-state index contributed by atoms with van der Waals surface area (Å²) >= 11 is 0. The third kappa shape index (κ3) is 3.20. The van der Waals surface area contributed by atoms with Gasteiger partial charge in [-0.3, -0.25) is 4.79 Å². The molecule has 6 heteroatoms. The van der Waals surface area contributed by atoms with Crippen molar-refractivity contribution in [3.63, 3.8) is 0 Å². The van der Waals surface area contributed by atoms with Crippen molar-refractivity contribution < 1.29 is 9.84 Å². The van der Waals surface area contributed by atoms with E-state index in [0.29, 0.717) is 37.6 Å². The molecule has 0 aliphatic carbocycles. The Hall–Kier alpha value is -1.24. The first-order valence-electron chi connectivity index (χ1n) is 6.52. The first-order valence-corrected chi connectivity index (χ1v) is 6.52. The van der Waals surface area contributed by atoms with Gasteiger partial charge in [-0.1, -0.05) is 0 Å². The van der Waals surface area contributed by atoms with Crippen LogP contribution in [0.4, 0.5) is 0 Å². The summed E-state index contributed by atoms with van der Waals surface area (Å²) in [4.78, 5) is 18.9. The number of hydrogen-bond acceptors (Lipinski definition) is 5. The van der Waals surface area contributed by atoms with Gasteiger partial charge in [0.2, 0.25) is 0 Å². The number of aromatic nitrogens is 2. The minimum Gasteiger partial charge on any atom is -0.386 e. The lowest BCUT2D eigenvalue weighted by molar-refractivity contribution is 0.0251. The van der Waals surface area contributed by atoms with Crippen molar-refractivity contribution in [3.8, 4) is 0 Å². The summed E-state index contributed by atoms with van der Waals surface area (Å²) < 4.78 is 5.19. The molecule has 2 atom stereocenters. The van der Waals surface area contributed by atoms with Crippen LogP contribution in [0.15, 0.2) is 4.79 Å². The number of ether oxygens (including phenoxy) is 1. The molecule has 0 spiro atoms. The van der Waals surface area contributed by atoms with Gasteiger partial charge in [-0.2, -0.15) is 0 Å². The summed E-state index contributed by atoms with van der Waals surface area (Å²) in [6.07, 6.45) is 0.619. The van der Waals surface area contributed by atoms with Gasteiger partial charge in [-0.15, -0.1) is 0 Å². The van der Waals surface area contributed by atoms with Gasteiger partial charge in [-0.25, -0.2) is 4.98 Å². The molecule has 0 saturated carbocycles. The fourth-order valence-corrected chi connectivity index (χ4v) is 2.43. The molecule has 1 aromatic rings. The second-order valence-corrected chi connectivity index (χ2v) is 5.28. The number of nitrogens with zero attached hydrogens (tertiary/aromatic N) is 1. The van der Waals surface area contributed by atoms with E-state index in [1.54, 1.807) is 6.92 Å². The maximum absolute atomic E-state index is 12.0. The van der Waals surface area contributed by atoms with Gasteiger partial charge in [0.25, 0.3) is 5.56 Å². The Labute approximate surface area is 112 Å².